The summed E-state index contributed by atoms with van der Waals surface area (Å²) < 4.78 is 4.35. The first-order valence-electron chi connectivity index (χ1n) is 10.5. The molecule has 0 radical (unpaired) electrons. The van der Waals surface area contributed by atoms with Gasteiger partial charge in [-0.3, -0.25) is 4.99 Å². The van der Waals surface area contributed by atoms with Crippen LogP contribution in [0.3, 0.4) is 0 Å². The predicted octanol–water partition coefficient (Wildman–Crippen LogP) is 2.16. The molecule has 4 rings (SSSR count). The number of aliphatic imine (C=N–C) groups is 1. The second-order valence-corrected chi connectivity index (χ2v) is 7.68. The summed E-state index contributed by atoms with van der Waals surface area (Å²) in [7, 11) is 1.81. The van der Waals surface area contributed by atoms with Crippen LogP contribution in [0, 0.1) is 6.92 Å². The molecule has 0 fully saturated rings. The standard InChI is InChI=1S/C19H31N9.HI/c1-14-22-18-15(8-7-13-28(18)26-14)23-19(20-2)21-11-6-10-17-25-24-16-9-4-3-5-12-27(16)17;/h15H,3-13H2,1-2H3,(H2,20,21,23);1H. The molecule has 0 amide bonds. The van der Waals surface area contributed by atoms with Crippen LogP contribution in [0.25, 0.3) is 0 Å². The minimum Gasteiger partial charge on any atom is -0.356 e. The summed E-state index contributed by atoms with van der Waals surface area (Å²) in [5, 5.41) is 20.2. The van der Waals surface area contributed by atoms with Crippen molar-refractivity contribution in [3.05, 3.63) is 23.3 Å². The van der Waals surface area contributed by atoms with E-state index in [1.165, 1.54) is 19.3 Å². The van der Waals surface area contributed by atoms with Gasteiger partial charge in [-0.25, -0.2) is 9.67 Å². The lowest BCUT2D eigenvalue weighted by molar-refractivity contribution is 0.397. The van der Waals surface area contributed by atoms with E-state index in [0.717, 1.165) is 81.0 Å². The Morgan fingerprint density at radius 3 is 2.93 bits per heavy atom. The fraction of sp³-hybridized carbons (Fsp3) is 0.737. The lowest BCUT2D eigenvalue weighted by Gasteiger charge is -2.25. The zero-order valence-electron chi connectivity index (χ0n) is 17.4. The minimum absolute atomic E-state index is 0. The van der Waals surface area contributed by atoms with Crippen molar-refractivity contribution in [3.8, 4) is 0 Å². The monoisotopic (exact) mass is 513 g/mol. The normalized spacial score (nSPS) is 19.0. The Morgan fingerprint density at radius 2 is 2.07 bits per heavy atom. The first-order chi connectivity index (χ1) is 13.7. The number of hydrogen-bond acceptors (Lipinski definition) is 5. The number of halogens is 1. The fourth-order valence-corrected chi connectivity index (χ4v) is 4.15. The molecular weight excluding hydrogens is 481 g/mol. The van der Waals surface area contributed by atoms with Crippen LogP contribution in [0.2, 0.25) is 0 Å². The molecule has 4 heterocycles. The van der Waals surface area contributed by atoms with Gasteiger partial charge < -0.3 is 15.2 Å². The molecule has 2 aromatic rings. The van der Waals surface area contributed by atoms with Gasteiger partial charge in [-0.1, -0.05) is 6.42 Å². The van der Waals surface area contributed by atoms with Crippen molar-refractivity contribution in [2.24, 2.45) is 4.99 Å². The van der Waals surface area contributed by atoms with Gasteiger partial charge in [0.1, 0.15) is 23.3 Å². The molecule has 10 heteroatoms. The summed E-state index contributed by atoms with van der Waals surface area (Å²) in [6.45, 7) is 4.81. The first kappa shape index (κ1) is 22.0. The summed E-state index contributed by atoms with van der Waals surface area (Å²) >= 11 is 0. The number of guanidine groups is 1. The highest BCUT2D eigenvalue weighted by molar-refractivity contribution is 14.0. The molecule has 1 atom stereocenters. The second-order valence-electron chi connectivity index (χ2n) is 7.68. The van der Waals surface area contributed by atoms with E-state index in [2.05, 4.69) is 40.5 Å². The van der Waals surface area contributed by atoms with E-state index >= 15 is 0 Å². The number of hydrogen-bond donors (Lipinski definition) is 2. The summed E-state index contributed by atoms with van der Waals surface area (Å²) in [6.07, 6.45) is 8.91. The Balaban J connectivity index is 0.00000240. The van der Waals surface area contributed by atoms with E-state index in [0.29, 0.717) is 0 Å². The highest BCUT2D eigenvalue weighted by Crippen LogP contribution is 2.22. The van der Waals surface area contributed by atoms with Crippen LogP contribution in [0.5, 0.6) is 0 Å². The quantitative estimate of drug-likeness (QED) is 0.275. The van der Waals surface area contributed by atoms with Crippen molar-refractivity contribution in [2.45, 2.75) is 77.4 Å². The predicted molar refractivity (Wildman–Crippen MR) is 123 cm³/mol. The molecule has 0 bridgehead atoms. The molecule has 0 spiro atoms. The molecule has 9 nitrogen and oxygen atoms in total. The van der Waals surface area contributed by atoms with Crippen molar-refractivity contribution < 1.29 is 0 Å². The summed E-state index contributed by atoms with van der Waals surface area (Å²) in [4.78, 5) is 8.97. The van der Waals surface area contributed by atoms with Crippen LogP contribution in [0.15, 0.2) is 4.99 Å². The van der Waals surface area contributed by atoms with Gasteiger partial charge >= 0.3 is 0 Å². The molecule has 160 valence electrons. The zero-order valence-corrected chi connectivity index (χ0v) is 19.7. The number of rotatable bonds is 5. The average Bonchev–Trinajstić information content (AvgIpc) is 3.18. The highest BCUT2D eigenvalue weighted by Gasteiger charge is 2.24. The Bertz CT molecular complexity index is 826. The van der Waals surface area contributed by atoms with Gasteiger partial charge in [0.2, 0.25) is 0 Å². The third-order valence-electron chi connectivity index (χ3n) is 5.57. The highest BCUT2D eigenvalue weighted by atomic mass is 127. The van der Waals surface area contributed by atoms with Crippen LogP contribution < -0.4 is 10.6 Å². The number of nitrogens with zero attached hydrogens (tertiary/aromatic N) is 7. The van der Waals surface area contributed by atoms with E-state index in [-0.39, 0.29) is 30.0 Å². The van der Waals surface area contributed by atoms with Gasteiger partial charge in [0.25, 0.3) is 0 Å². The molecular formula is C19H32IN9. The average molecular weight is 513 g/mol. The van der Waals surface area contributed by atoms with Crippen LogP contribution in [0.4, 0.5) is 0 Å². The van der Waals surface area contributed by atoms with E-state index in [1.807, 2.05) is 18.7 Å². The topological polar surface area (TPSA) is 97.8 Å². The van der Waals surface area contributed by atoms with Crippen LogP contribution in [0.1, 0.15) is 67.9 Å². The maximum atomic E-state index is 4.59. The maximum Gasteiger partial charge on any atom is 0.191 e. The summed E-state index contributed by atoms with van der Waals surface area (Å²) in [5.41, 5.74) is 0. The Hall–Kier alpha value is -1.72. The molecule has 2 aliphatic rings. The van der Waals surface area contributed by atoms with Crippen LogP contribution in [-0.4, -0.2) is 49.1 Å². The maximum absolute atomic E-state index is 4.59. The van der Waals surface area contributed by atoms with Gasteiger partial charge in [0, 0.05) is 39.5 Å². The molecule has 2 N–H and O–H groups in total. The lowest BCUT2D eigenvalue weighted by Crippen LogP contribution is -2.42. The van der Waals surface area contributed by atoms with E-state index in [1.54, 1.807) is 0 Å². The molecule has 2 aliphatic heterocycles. The van der Waals surface area contributed by atoms with Crippen molar-refractivity contribution in [3.63, 3.8) is 0 Å². The number of aryl methyl sites for hydroxylation is 4. The fourth-order valence-electron chi connectivity index (χ4n) is 4.15. The Kier molecular flexibility index (Phi) is 7.84. The van der Waals surface area contributed by atoms with Crippen LogP contribution >= 0.6 is 24.0 Å². The molecule has 29 heavy (non-hydrogen) atoms. The van der Waals surface area contributed by atoms with E-state index < -0.39 is 0 Å². The number of nitrogens with one attached hydrogen (secondary N) is 2. The smallest absolute Gasteiger partial charge is 0.191 e. The van der Waals surface area contributed by atoms with Crippen molar-refractivity contribution in [1.82, 2.24) is 40.2 Å². The summed E-state index contributed by atoms with van der Waals surface area (Å²) in [5.74, 6) is 4.95. The zero-order chi connectivity index (χ0) is 19.3. The second kappa shape index (κ2) is 10.4. The Morgan fingerprint density at radius 1 is 1.17 bits per heavy atom. The third kappa shape index (κ3) is 5.26. The summed E-state index contributed by atoms with van der Waals surface area (Å²) in [6, 6.07) is 0.161. The third-order valence-corrected chi connectivity index (χ3v) is 5.57. The van der Waals surface area contributed by atoms with Gasteiger partial charge in [-0.2, -0.15) is 5.10 Å². The van der Waals surface area contributed by atoms with E-state index in [9.17, 15) is 0 Å². The van der Waals surface area contributed by atoms with Gasteiger partial charge in [-0.05, 0) is 39.0 Å². The largest absolute Gasteiger partial charge is 0.356 e. The van der Waals surface area contributed by atoms with Gasteiger partial charge in [0.05, 0.1) is 6.04 Å². The first-order valence-corrected chi connectivity index (χ1v) is 10.5. The van der Waals surface area contributed by atoms with Crippen molar-refractivity contribution >= 4 is 29.9 Å². The molecule has 2 aromatic heterocycles. The minimum atomic E-state index is 0. The molecule has 1 unspecified atom stereocenters. The van der Waals surface area contributed by atoms with Crippen LogP contribution in [-0.2, 0) is 25.9 Å². The number of fused-ring (bicyclic) bond motifs is 2. The lowest BCUT2D eigenvalue weighted by atomic mass is 10.1. The SMILES string of the molecule is CN=C(NCCCc1nnc2n1CCCCC2)NC1CCCn2nc(C)nc21.I. The van der Waals surface area contributed by atoms with E-state index in [4.69, 9.17) is 0 Å². The van der Waals surface area contributed by atoms with Crippen molar-refractivity contribution in [2.75, 3.05) is 13.6 Å². The molecule has 0 aromatic carbocycles. The molecule has 0 saturated heterocycles. The Labute approximate surface area is 189 Å². The van der Waals surface area contributed by atoms with Gasteiger partial charge in [-0.15, -0.1) is 34.2 Å². The number of aromatic nitrogens is 6. The van der Waals surface area contributed by atoms with Gasteiger partial charge in [0.15, 0.2) is 5.96 Å². The molecule has 0 aliphatic carbocycles. The van der Waals surface area contributed by atoms with Crippen molar-refractivity contribution in [1.29, 1.82) is 0 Å². The molecule has 0 saturated carbocycles.